The van der Waals surface area contributed by atoms with Gasteiger partial charge in [-0.15, -0.1) is 0 Å². The molecule has 0 N–H and O–H groups in total. The fraction of sp³-hybridized carbons (Fsp3) is 0.724. The van der Waals surface area contributed by atoms with Gasteiger partial charge in [0.15, 0.2) is 23.6 Å². The summed E-state index contributed by atoms with van der Waals surface area (Å²) in [5, 5.41) is 0. The van der Waals surface area contributed by atoms with E-state index < -0.39 is 17.3 Å². The van der Waals surface area contributed by atoms with Crippen LogP contribution in [-0.2, 0) is 15.9 Å². The van der Waals surface area contributed by atoms with Crippen molar-refractivity contribution >= 4 is 0 Å². The number of rotatable bonds is 8. The quantitative estimate of drug-likeness (QED) is 0.351. The highest BCUT2D eigenvalue weighted by Gasteiger charge is 2.38. The average Bonchev–Trinajstić information content (AvgIpc) is 2.86. The third kappa shape index (κ3) is 6.07. The van der Waals surface area contributed by atoms with Gasteiger partial charge < -0.3 is 9.47 Å². The van der Waals surface area contributed by atoms with E-state index >= 15 is 0 Å². The molecule has 0 amide bonds. The zero-order valence-electron chi connectivity index (χ0n) is 20.9. The molecule has 0 radical (unpaired) electrons. The topological polar surface area (TPSA) is 18.5 Å². The van der Waals surface area contributed by atoms with Crippen molar-refractivity contribution in [3.05, 3.63) is 46.5 Å². The van der Waals surface area contributed by atoms with Gasteiger partial charge in [-0.3, -0.25) is 0 Å². The Labute approximate surface area is 203 Å². The molecule has 1 saturated carbocycles. The van der Waals surface area contributed by atoms with Crippen molar-refractivity contribution in [1.82, 2.24) is 0 Å². The number of ether oxygens (including phenoxy) is 2. The second-order valence-corrected chi connectivity index (χ2v) is 10.9. The lowest BCUT2D eigenvalue weighted by molar-refractivity contribution is -0.219. The molecule has 3 aliphatic rings. The van der Waals surface area contributed by atoms with Gasteiger partial charge in [0.1, 0.15) is 0 Å². The van der Waals surface area contributed by atoms with Crippen molar-refractivity contribution in [2.75, 3.05) is 13.2 Å². The first kappa shape index (κ1) is 25.8. The van der Waals surface area contributed by atoms with Gasteiger partial charge >= 0.3 is 0 Å². The highest BCUT2D eigenvalue weighted by molar-refractivity contribution is 5.29. The maximum Gasteiger partial charge on any atom is 0.180 e. The first-order chi connectivity index (χ1) is 16.4. The van der Waals surface area contributed by atoms with Gasteiger partial charge in [0, 0.05) is 0 Å². The Hall–Kier alpha value is -1.33. The fourth-order valence-corrected chi connectivity index (χ4v) is 6.16. The summed E-state index contributed by atoms with van der Waals surface area (Å²) in [5.41, 5.74) is 0.887. The Balaban J connectivity index is 1.19. The van der Waals surface area contributed by atoms with Crippen LogP contribution in [0.3, 0.4) is 0 Å². The SMILES string of the molecule is CCCC1(F)COC(C2=CCC(CCC3CCC(c4ccc(CC)c(F)c4F)CC3)CC2)OC1. The summed E-state index contributed by atoms with van der Waals surface area (Å²) in [6.45, 7) is 4.10. The second kappa shape index (κ2) is 11.6. The van der Waals surface area contributed by atoms with Crippen LogP contribution in [0.1, 0.15) is 102 Å². The maximum absolute atomic E-state index is 14.5. The van der Waals surface area contributed by atoms with E-state index in [1.54, 1.807) is 6.07 Å². The molecule has 1 unspecified atom stereocenters. The molecule has 1 heterocycles. The van der Waals surface area contributed by atoms with Gasteiger partial charge in [0.2, 0.25) is 0 Å². The zero-order valence-corrected chi connectivity index (χ0v) is 20.9. The third-order valence-electron chi connectivity index (χ3n) is 8.39. The van der Waals surface area contributed by atoms with Crippen molar-refractivity contribution < 1.29 is 22.6 Å². The first-order valence-corrected chi connectivity index (χ1v) is 13.5. The zero-order chi connectivity index (χ0) is 24.1. The summed E-state index contributed by atoms with van der Waals surface area (Å²) in [4.78, 5) is 0. The van der Waals surface area contributed by atoms with Crippen molar-refractivity contribution in [2.45, 2.75) is 109 Å². The van der Waals surface area contributed by atoms with E-state index in [9.17, 15) is 13.2 Å². The van der Waals surface area contributed by atoms with Gasteiger partial charge in [0.25, 0.3) is 0 Å². The van der Waals surface area contributed by atoms with E-state index in [0.29, 0.717) is 35.8 Å². The maximum atomic E-state index is 14.5. The Morgan fingerprint density at radius 2 is 1.62 bits per heavy atom. The molecule has 5 heteroatoms. The summed E-state index contributed by atoms with van der Waals surface area (Å²) in [6, 6.07) is 3.57. The standard InChI is InChI=1S/C29H41F3O2/c1-3-17-29(32)18-33-28(34-19-29)24-13-9-21(10-14-24)6-5-20-7-11-23(12-8-20)25-16-15-22(4-2)26(30)27(25)31/h13,15-16,20-21,23,28H,3-12,14,17-19H2,1-2H3. The van der Waals surface area contributed by atoms with Crippen LogP contribution < -0.4 is 0 Å². The number of alkyl halides is 1. The minimum atomic E-state index is -1.33. The number of benzene rings is 1. The predicted octanol–water partition coefficient (Wildman–Crippen LogP) is 8.19. The van der Waals surface area contributed by atoms with Gasteiger partial charge in [-0.1, -0.05) is 44.9 Å². The molecule has 0 spiro atoms. The molecular formula is C29H41F3O2. The molecule has 1 atom stereocenters. The Morgan fingerprint density at radius 1 is 0.912 bits per heavy atom. The minimum absolute atomic E-state index is 0.133. The summed E-state index contributed by atoms with van der Waals surface area (Å²) >= 11 is 0. The Morgan fingerprint density at radius 3 is 2.24 bits per heavy atom. The molecule has 34 heavy (non-hydrogen) atoms. The Bertz CT molecular complexity index is 836. The molecule has 0 bridgehead atoms. The van der Waals surface area contributed by atoms with Gasteiger partial charge in [-0.2, -0.15) is 0 Å². The van der Waals surface area contributed by atoms with Crippen molar-refractivity contribution in [1.29, 1.82) is 0 Å². The second-order valence-electron chi connectivity index (χ2n) is 10.9. The highest BCUT2D eigenvalue weighted by atomic mass is 19.2. The summed E-state index contributed by atoms with van der Waals surface area (Å²) < 4.78 is 54.8. The largest absolute Gasteiger partial charge is 0.345 e. The molecule has 4 rings (SSSR count). The van der Waals surface area contributed by atoms with E-state index in [1.165, 1.54) is 18.4 Å². The highest BCUT2D eigenvalue weighted by Crippen LogP contribution is 2.41. The van der Waals surface area contributed by atoms with Crippen LogP contribution >= 0.6 is 0 Å². The van der Waals surface area contributed by atoms with E-state index in [4.69, 9.17) is 9.47 Å². The lowest BCUT2D eigenvalue weighted by Crippen LogP contribution is -2.44. The normalized spacial score (nSPS) is 32.4. The van der Waals surface area contributed by atoms with Crippen LogP contribution in [0.25, 0.3) is 0 Å². The van der Waals surface area contributed by atoms with Crippen LogP contribution in [0.15, 0.2) is 23.8 Å². The minimum Gasteiger partial charge on any atom is -0.345 e. The van der Waals surface area contributed by atoms with E-state index in [2.05, 4.69) is 6.08 Å². The molecular weight excluding hydrogens is 437 g/mol. The molecule has 2 aliphatic carbocycles. The van der Waals surface area contributed by atoms with Crippen molar-refractivity contribution in [2.24, 2.45) is 11.8 Å². The number of halogens is 3. The predicted molar refractivity (Wildman–Crippen MR) is 130 cm³/mol. The number of aryl methyl sites for hydroxylation is 1. The molecule has 1 aliphatic heterocycles. The van der Waals surface area contributed by atoms with Crippen LogP contribution in [-0.4, -0.2) is 25.2 Å². The summed E-state index contributed by atoms with van der Waals surface area (Å²) in [6.07, 6.45) is 13.4. The van der Waals surface area contributed by atoms with Crippen molar-refractivity contribution in [3.63, 3.8) is 0 Å². The summed E-state index contributed by atoms with van der Waals surface area (Å²) in [7, 11) is 0. The molecule has 1 aromatic rings. The van der Waals surface area contributed by atoms with Crippen molar-refractivity contribution in [3.8, 4) is 0 Å². The van der Waals surface area contributed by atoms with E-state index in [0.717, 1.165) is 51.4 Å². The smallest absolute Gasteiger partial charge is 0.180 e. The average molecular weight is 479 g/mol. The van der Waals surface area contributed by atoms with Crippen LogP contribution in [0.4, 0.5) is 13.2 Å². The van der Waals surface area contributed by atoms with E-state index in [-0.39, 0.29) is 25.4 Å². The van der Waals surface area contributed by atoms with Gasteiger partial charge in [-0.05, 0) is 98.7 Å². The monoisotopic (exact) mass is 478 g/mol. The molecule has 1 aromatic carbocycles. The molecule has 2 fully saturated rings. The van der Waals surface area contributed by atoms with Gasteiger partial charge in [-0.25, -0.2) is 13.2 Å². The number of hydrogen-bond acceptors (Lipinski definition) is 2. The lowest BCUT2D eigenvalue weighted by Gasteiger charge is -2.36. The number of allylic oxidation sites excluding steroid dienone is 1. The summed E-state index contributed by atoms with van der Waals surface area (Å²) in [5.74, 6) is 0.235. The Kier molecular flexibility index (Phi) is 8.79. The molecule has 190 valence electrons. The molecule has 2 nitrogen and oxygen atoms in total. The van der Waals surface area contributed by atoms with Gasteiger partial charge in [0.05, 0.1) is 13.2 Å². The fourth-order valence-electron chi connectivity index (χ4n) is 6.16. The molecule has 1 saturated heterocycles. The molecule has 0 aromatic heterocycles. The lowest BCUT2D eigenvalue weighted by atomic mass is 9.75. The van der Waals surface area contributed by atoms with Crippen LogP contribution in [0.2, 0.25) is 0 Å². The van der Waals surface area contributed by atoms with Crippen LogP contribution in [0.5, 0.6) is 0 Å². The van der Waals surface area contributed by atoms with Crippen LogP contribution in [0, 0.1) is 23.5 Å². The third-order valence-corrected chi connectivity index (χ3v) is 8.39. The first-order valence-electron chi connectivity index (χ1n) is 13.5. The number of hydrogen-bond donors (Lipinski definition) is 0. The van der Waals surface area contributed by atoms with E-state index in [1.807, 2.05) is 19.9 Å².